The van der Waals surface area contributed by atoms with Crippen molar-refractivity contribution in [2.75, 3.05) is 11.4 Å². The van der Waals surface area contributed by atoms with Gasteiger partial charge in [-0.05, 0) is 23.2 Å². The van der Waals surface area contributed by atoms with Gasteiger partial charge in [-0.25, -0.2) is 4.79 Å². The highest BCUT2D eigenvalue weighted by molar-refractivity contribution is 5.91. The number of ether oxygens (including phenoxy) is 1. The van der Waals surface area contributed by atoms with Gasteiger partial charge >= 0.3 is 12.1 Å². The van der Waals surface area contributed by atoms with Crippen LogP contribution in [0.4, 0.5) is 10.5 Å². The van der Waals surface area contributed by atoms with Crippen LogP contribution >= 0.6 is 0 Å². The third-order valence-corrected chi connectivity index (χ3v) is 2.63. The van der Waals surface area contributed by atoms with Gasteiger partial charge in [0.05, 0.1) is 5.69 Å². The zero-order valence-electron chi connectivity index (χ0n) is 8.87. The Morgan fingerprint density at radius 1 is 1.41 bits per heavy atom. The van der Waals surface area contributed by atoms with E-state index in [2.05, 4.69) is 14.7 Å². The van der Waals surface area contributed by atoms with Gasteiger partial charge in [0.2, 0.25) is 6.39 Å². The second kappa shape index (κ2) is 3.89. The Morgan fingerprint density at radius 2 is 2.29 bits per heavy atom. The summed E-state index contributed by atoms with van der Waals surface area (Å²) in [6.45, 7) is 0.607. The molecule has 1 aromatic carbocycles. The smallest absolute Gasteiger partial charge is 0.371 e. The first-order chi connectivity index (χ1) is 8.34. The standard InChI is InChI=1S/C11H9N3O3/c15-11(17-10-12-7-16-13-10)14-6-5-8-3-1-2-4-9(8)14/h1-4,7H,5-6H2. The van der Waals surface area contributed by atoms with Gasteiger partial charge in [-0.2, -0.15) is 4.98 Å². The van der Waals surface area contributed by atoms with Crippen LogP contribution in [-0.4, -0.2) is 22.8 Å². The molecule has 2 heterocycles. The molecule has 6 heteroatoms. The van der Waals surface area contributed by atoms with Crippen LogP contribution in [0.5, 0.6) is 6.01 Å². The SMILES string of the molecule is O=C(Oc1ncon1)N1CCc2ccccc21. The van der Waals surface area contributed by atoms with Gasteiger partial charge < -0.3 is 9.26 Å². The Bertz CT molecular complexity index is 539. The van der Waals surface area contributed by atoms with Gasteiger partial charge in [0.25, 0.3) is 0 Å². The number of nitrogens with zero attached hydrogens (tertiary/aromatic N) is 3. The highest BCUT2D eigenvalue weighted by Gasteiger charge is 2.26. The molecule has 0 radical (unpaired) electrons. The largest absolute Gasteiger partial charge is 0.422 e. The maximum atomic E-state index is 11.9. The van der Waals surface area contributed by atoms with Crippen LogP contribution in [0.3, 0.4) is 0 Å². The number of benzene rings is 1. The van der Waals surface area contributed by atoms with Crippen molar-refractivity contribution in [2.24, 2.45) is 0 Å². The molecule has 3 rings (SSSR count). The lowest BCUT2D eigenvalue weighted by Gasteiger charge is -2.14. The van der Waals surface area contributed by atoms with E-state index in [1.807, 2.05) is 24.3 Å². The molecule has 1 aliphatic rings. The molecule has 0 saturated carbocycles. The molecule has 0 bridgehead atoms. The number of carbonyl (C=O) groups excluding carboxylic acids is 1. The number of hydrogen-bond acceptors (Lipinski definition) is 5. The Morgan fingerprint density at radius 3 is 3.12 bits per heavy atom. The predicted molar refractivity (Wildman–Crippen MR) is 57.8 cm³/mol. The summed E-state index contributed by atoms with van der Waals surface area (Å²) in [7, 11) is 0. The van der Waals surface area contributed by atoms with Crippen molar-refractivity contribution in [1.82, 2.24) is 10.1 Å². The van der Waals surface area contributed by atoms with E-state index in [9.17, 15) is 4.79 Å². The maximum Gasteiger partial charge on any atom is 0.422 e. The van der Waals surface area contributed by atoms with E-state index >= 15 is 0 Å². The fourth-order valence-electron chi connectivity index (χ4n) is 1.87. The molecular weight excluding hydrogens is 222 g/mol. The molecule has 0 saturated heterocycles. The van der Waals surface area contributed by atoms with Gasteiger partial charge in [-0.15, -0.1) is 0 Å². The maximum absolute atomic E-state index is 11.9. The van der Waals surface area contributed by atoms with Gasteiger partial charge in [0.15, 0.2) is 0 Å². The monoisotopic (exact) mass is 231 g/mol. The average molecular weight is 231 g/mol. The molecule has 1 aromatic heterocycles. The van der Waals surface area contributed by atoms with E-state index in [-0.39, 0.29) is 6.01 Å². The van der Waals surface area contributed by atoms with Crippen molar-refractivity contribution in [3.8, 4) is 6.01 Å². The first-order valence-electron chi connectivity index (χ1n) is 5.18. The average Bonchev–Trinajstić information content (AvgIpc) is 2.96. The Kier molecular flexibility index (Phi) is 2.25. The number of rotatable bonds is 1. The number of amides is 1. The van der Waals surface area contributed by atoms with Crippen LogP contribution < -0.4 is 9.64 Å². The molecule has 1 amide bonds. The van der Waals surface area contributed by atoms with Gasteiger partial charge in [0, 0.05) is 6.54 Å². The van der Waals surface area contributed by atoms with Gasteiger partial charge in [0.1, 0.15) is 0 Å². The zero-order valence-corrected chi connectivity index (χ0v) is 8.87. The fraction of sp³-hybridized carbons (Fsp3) is 0.182. The minimum Gasteiger partial charge on any atom is -0.371 e. The Balaban J connectivity index is 1.80. The topological polar surface area (TPSA) is 68.5 Å². The van der Waals surface area contributed by atoms with E-state index in [1.165, 1.54) is 0 Å². The third kappa shape index (κ3) is 1.73. The Hall–Kier alpha value is -2.37. The van der Waals surface area contributed by atoms with Gasteiger partial charge in [-0.3, -0.25) is 4.90 Å². The lowest BCUT2D eigenvalue weighted by Crippen LogP contribution is -2.32. The highest BCUT2D eigenvalue weighted by Crippen LogP contribution is 2.27. The molecule has 1 aliphatic heterocycles. The molecule has 0 atom stereocenters. The molecule has 0 unspecified atom stereocenters. The normalized spacial score (nSPS) is 13.5. The minimum atomic E-state index is -0.489. The van der Waals surface area contributed by atoms with E-state index in [4.69, 9.17) is 4.74 Å². The molecule has 0 aliphatic carbocycles. The van der Waals surface area contributed by atoms with Crippen molar-refractivity contribution in [3.05, 3.63) is 36.2 Å². The Labute approximate surface area is 96.8 Å². The van der Waals surface area contributed by atoms with Gasteiger partial charge in [-0.1, -0.05) is 18.2 Å². The quantitative estimate of drug-likeness (QED) is 0.746. The predicted octanol–water partition coefficient (Wildman–Crippen LogP) is 1.63. The summed E-state index contributed by atoms with van der Waals surface area (Å²) >= 11 is 0. The lowest BCUT2D eigenvalue weighted by atomic mass is 10.2. The number of carbonyl (C=O) groups is 1. The summed E-state index contributed by atoms with van der Waals surface area (Å²) in [4.78, 5) is 17.1. The fourth-order valence-corrected chi connectivity index (χ4v) is 1.87. The van der Waals surface area contributed by atoms with E-state index in [1.54, 1.807) is 4.90 Å². The number of fused-ring (bicyclic) bond motifs is 1. The van der Waals surface area contributed by atoms with Crippen molar-refractivity contribution in [3.63, 3.8) is 0 Å². The summed E-state index contributed by atoms with van der Waals surface area (Å²) < 4.78 is 9.46. The summed E-state index contributed by atoms with van der Waals surface area (Å²) in [6, 6.07) is 7.65. The highest BCUT2D eigenvalue weighted by atomic mass is 16.6. The number of hydrogen-bond donors (Lipinski definition) is 0. The first kappa shape index (κ1) is 9.83. The number of para-hydroxylation sites is 1. The van der Waals surface area contributed by atoms with Crippen molar-refractivity contribution >= 4 is 11.8 Å². The third-order valence-electron chi connectivity index (χ3n) is 2.63. The van der Waals surface area contributed by atoms with Crippen LogP contribution in [0.2, 0.25) is 0 Å². The molecule has 0 N–H and O–H groups in total. The summed E-state index contributed by atoms with van der Waals surface area (Å²) in [6.07, 6.45) is 1.45. The van der Waals surface area contributed by atoms with Crippen molar-refractivity contribution in [1.29, 1.82) is 0 Å². The summed E-state index contributed by atoms with van der Waals surface area (Å²) in [5.41, 5.74) is 2.01. The van der Waals surface area contributed by atoms with Crippen LogP contribution in [0.1, 0.15) is 5.56 Å². The first-order valence-corrected chi connectivity index (χ1v) is 5.18. The molecule has 0 spiro atoms. The van der Waals surface area contributed by atoms with Crippen LogP contribution in [0.15, 0.2) is 35.2 Å². The summed E-state index contributed by atoms with van der Waals surface area (Å²) in [5, 5.41) is 3.43. The van der Waals surface area contributed by atoms with E-state index < -0.39 is 6.09 Å². The van der Waals surface area contributed by atoms with E-state index in [0.717, 1.165) is 24.1 Å². The second-order valence-electron chi connectivity index (χ2n) is 3.61. The molecular formula is C11H9N3O3. The van der Waals surface area contributed by atoms with Crippen molar-refractivity contribution < 1.29 is 14.1 Å². The molecule has 17 heavy (non-hydrogen) atoms. The molecule has 0 fully saturated rings. The van der Waals surface area contributed by atoms with E-state index in [0.29, 0.717) is 6.54 Å². The van der Waals surface area contributed by atoms with Crippen LogP contribution in [-0.2, 0) is 6.42 Å². The van der Waals surface area contributed by atoms with Crippen LogP contribution in [0.25, 0.3) is 0 Å². The molecule has 2 aromatic rings. The zero-order chi connectivity index (χ0) is 11.7. The number of anilines is 1. The molecule has 86 valence electrons. The van der Waals surface area contributed by atoms with Crippen LogP contribution in [0, 0.1) is 0 Å². The molecule has 6 nitrogen and oxygen atoms in total. The number of aromatic nitrogens is 2. The second-order valence-corrected chi connectivity index (χ2v) is 3.61. The lowest BCUT2D eigenvalue weighted by molar-refractivity contribution is 0.202. The minimum absolute atomic E-state index is 0.0700. The summed E-state index contributed by atoms with van der Waals surface area (Å²) in [5.74, 6) is 0. The van der Waals surface area contributed by atoms with Crippen molar-refractivity contribution in [2.45, 2.75) is 6.42 Å².